The summed E-state index contributed by atoms with van der Waals surface area (Å²) in [6.07, 6.45) is 3.89. The van der Waals surface area contributed by atoms with Crippen molar-refractivity contribution in [2.75, 3.05) is 13.6 Å². The molecule has 10 heteroatoms. The van der Waals surface area contributed by atoms with E-state index in [1.807, 2.05) is 121 Å². The Hall–Kier alpha value is -5.06. The number of fused-ring (bicyclic) bond motifs is 1. The van der Waals surface area contributed by atoms with Crippen LogP contribution in [0.3, 0.4) is 0 Å². The van der Waals surface area contributed by atoms with Gasteiger partial charge < -0.3 is 31.5 Å². The van der Waals surface area contributed by atoms with Gasteiger partial charge in [0.2, 0.25) is 17.7 Å². The van der Waals surface area contributed by atoms with Crippen LogP contribution >= 0.6 is 12.2 Å². The molecule has 5 N–H and O–H groups in total. The molecule has 2 saturated heterocycles. The molecule has 2 aliphatic rings. The van der Waals surface area contributed by atoms with Gasteiger partial charge in [0.05, 0.1) is 12.1 Å². The summed E-state index contributed by atoms with van der Waals surface area (Å²) >= 11 is 5.58. The van der Waals surface area contributed by atoms with Crippen LogP contribution in [-0.2, 0) is 27.3 Å². The highest BCUT2D eigenvalue weighted by atomic mass is 32.1. The van der Waals surface area contributed by atoms with E-state index in [1.165, 1.54) is 0 Å². The topological polar surface area (TPSA) is 115 Å². The Morgan fingerprint density at radius 3 is 1.92 bits per heavy atom. The molecule has 0 aromatic heterocycles. The van der Waals surface area contributed by atoms with Crippen molar-refractivity contribution >= 4 is 35.1 Å². The molecule has 0 aliphatic carbocycles. The summed E-state index contributed by atoms with van der Waals surface area (Å²) in [6.45, 7) is 1.14. The van der Waals surface area contributed by atoms with E-state index in [0.717, 1.165) is 41.5 Å². The number of nitrogens with zero attached hydrogens (tertiary/aromatic N) is 1. The molecular weight excluding hydrogens is 681 g/mol. The van der Waals surface area contributed by atoms with E-state index in [9.17, 15) is 14.4 Å². The van der Waals surface area contributed by atoms with Crippen LogP contribution < -0.4 is 26.6 Å². The largest absolute Gasteiger partial charge is 0.363 e. The van der Waals surface area contributed by atoms with Crippen molar-refractivity contribution in [2.45, 2.75) is 75.3 Å². The molecular formula is C43H50N6O3S. The Kier molecular flexibility index (Phi) is 13.2. The Morgan fingerprint density at radius 1 is 0.755 bits per heavy atom. The van der Waals surface area contributed by atoms with E-state index in [4.69, 9.17) is 12.2 Å². The van der Waals surface area contributed by atoms with Crippen molar-refractivity contribution in [3.8, 4) is 0 Å². The summed E-state index contributed by atoms with van der Waals surface area (Å²) in [5, 5.41) is 16.7. The highest BCUT2D eigenvalue weighted by Crippen LogP contribution is 2.36. The van der Waals surface area contributed by atoms with Crippen molar-refractivity contribution in [3.05, 3.63) is 144 Å². The van der Waals surface area contributed by atoms with E-state index in [-0.39, 0.29) is 35.7 Å². The standard InChI is InChI=1S/C43H50N6O3S/c1-44-36(28-30-14-6-2-7-15-30)40(50)48-39-34(26-27-45-43(53)46-29-31-16-8-3-9-17-31)22-23-35-24-25-37(49(35)42(39)52)41(51)47-38(32-18-10-4-11-19-32)33-20-12-5-13-21-33/h2-21,34-39,44H,22-29H2,1H3,(H,47,51)(H,48,50)(H2,45,46,53)/t34-,35+,36-,37+,39+/m1/s1. The molecule has 2 fully saturated rings. The average molecular weight is 731 g/mol. The van der Waals surface area contributed by atoms with Crippen molar-refractivity contribution in [2.24, 2.45) is 5.92 Å². The predicted octanol–water partition coefficient (Wildman–Crippen LogP) is 5.03. The number of nitrogens with one attached hydrogen (secondary N) is 5. The summed E-state index contributed by atoms with van der Waals surface area (Å²) in [5.74, 6) is -0.769. The van der Waals surface area contributed by atoms with Crippen LogP contribution in [0.15, 0.2) is 121 Å². The Morgan fingerprint density at radius 2 is 1.32 bits per heavy atom. The number of likely N-dealkylation sites (N-methyl/N-ethyl adjacent to an activating group) is 1. The van der Waals surface area contributed by atoms with Gasteiger partial charge in [-0.2, -0.15) is 0 Å². The molecule has 4 aromatic rings. The monoisotopic (exact) mass is 730 g/mol. The first-order valence-electron chi connectivity index (χ1n) is 18.7. The quantitative estimate of drug-likeness (QED) is 0.116. The normalized spacial score (nSPS) is 20.2. The van der Waals surface area contributed by atoms with E-state index in [0.29, 0.717) is 37.5 Å². The van der Waals surface area contributed by atoms with Gasteiger partial charge in [-0.05, 0) is 86.0 Å². The minimum atomic E-state index is -0.792. The Bertz CT molecular complexity index is 1760. The van der Waals surface area contributed by atoms with Gasteiger partial charge in [-0.15, -0.1) is 0 Å². The van der Waals surface area contributed by atoms with Crippen molar-refractivity contribution < 1.29 is 14.4 Å². The first-order chi connectivity index (χ1) is 25.9. The fourth-order valence-electron chi connectivity index (χ4n) is 7.71. The molecule has 0 spiro atoms. The molecule has 2 aliphatic heterocycles. The number of rotatable bonds is 14. The van der Waals surface area contributed by atoms with Gasteiger partial charge in [0.15, 0.2) is 5.11 Å². The molecule has 0 saturated carbocycles. The van der Waals surface area contributed by atoms with Gasteiger partial charge in [-0.1, -0.05) is 121 Å². The maximum absolute atomic E-state index is 14.8. The first-order valence-corrected chi connectivity index (χ1v) is 19.1. The third-order valence-corrected chi connectivity index (χ3v) is 10.9. The van der Waals surface area contributed by atoms with Gasteiger partial charge >= 0.3 is 0 Å². The SMILES string of the molecule is CN[C@H](Cc1ccccc1)C(=O)N[C@@H]1C(=O)N2[C@@H](CC[C@@H]1CCNC(=S)NCc1ccccc1)CC[C@H]2C(=O)NC(c1ccccc1)c1ccccc1. The summed E-state index contributed by atoms with van der Waals surface area (Å²) in [5.41, 5.74) is 4.08. The molecule has 4 aromatic carbocycles. The predicted molar refractivity (Wildman–Crippen MR) is 213 cm³/mol. The minimum absolute atomic E-state index is 0.0828. The van der Waals surface area contributed by atoms with Crippen LogP contribution in [0.4, 0.5) is 0 Å². The molecule has 53 heavy (non-hydrogen) atoms. The highest BCUT2D eigenvalue weighted by molar-refractivity contribution is 7.80. The van der Waals surface area contributed by atoms with Crippen LogP contribution in [0.1, 0.15) is 60.4 Å². The first kappa shape index (κ1) is 37.7. The summed E-state index contributed by atoms with van der Waals surface area (Å²) < 4.78 is 0. The Balaban J connectivity index is 1.19. The van der Waals surface area contributed by atoms with Gasteiger partial charge in [0.25, 0.3) is 0 Å². The zero-order chi connectivity index (χ0) is 37.0. The van der Waals surface area contributed by atoms with Crippen LogP contribution in [0.5, 0.6) is 0 Å². The van der Waals surface area contributed by atoms with Crippen molar-refractivity contribution in [1.82, 2.24) is 31.5 Å². The lowest BCUT2D eigenvalue weighted by Gasteiger charge is -2.33. The van der Waals surface area contributed by atoms with Gasteiger partial charge in [0.1, 0.15) is 12.1 Å². The zero-order valence-electron chi connectivity index (χ0n) is 30.2. The third kappa shape index (κ3) is 9.88. The molecule has 2 heterocycles. The molecule has 276 valence electrons. The zero-order valence-corrected chi connectivity index (χ0v) is 31.1. The second-order valence-corrected chi connectivity index (χ2v) is 14.4. The van der Waals surface area contributed by atoms with Gasteiger partial charge in [-0.25, -0.2) is 0 Å². The third-order valence-electron chi connectivity index (χ3n) is 10.6. The lowest BCUT2D eigenvalue weighted by molar-refractivity contribution is -0.143. The molecule has 0 unspecified atom stereocenters. The second-order valence-electron chi connectivity index (χ2n) is 14.0. The molecule has 3 amide bonds. The van der Waals surface area contributed by atoms with Crippen LogP contribution in [0.2, 0.25) is 0 Å². The van der Waals surface area contributed by atoms with E-state index >= 15 is 0 Å². The fraction of sp³-hybridized carbons (Fsp3) is 0.349. The summed E-state index contributed by atoms with van der Waals surface area (Å²) in [7, 11) is 1.76. The number of hydrogen-bond donors (Lipinski definition) is 5. The van der Waals surface area contributed by atoms with E-state index in [2.05, 4.69) is 26.6 Å². The summed E-state index contributed by atoms with van der Waals surface area (Å²) in [4.78, 5) is 44.8. The van der Waals surface area contributed by atoms with Crippen molar-refractivity contribution in [1.29, 1.82) is 0 Å². The smallest absolute Gasteiger partial charge is 0.246 e. The number of benzene rings is 4. The molecule has 0 bridgehead atoms. The number of amides is 3. The second kappa shape index (κ2) is 18.6. The van der Waals surface area contributed by atoms with Gasteiger partial charge in [0, 0.05) is 19.1 Å². The van der Waals surface area contributed by atoms with Gasteiger partial charge in [-0.3, -0.25) is 14.4 Å². The van der Waals surface area contributed by atoms with Crippen LogP contribution in [0, 0.1) is 5.92 Å². The highest BCUT2D eigenvalue weighted by Gasteiger charge is 2.48. The summed E-state index contributed by atoms with van der Waals surface area (Å²) in [6, 6.07) is 37.3. The van der Waals surface area contributed by atoms with E-state index in [1.54, 1.807) is 11.9 Å². The van der Waals surface area contributed by atoms with Crippen LogP contribution in [-0.4, -0.2) is 65.5 Å². The van der Waals surface area contributed by atoms with Crippen molar-refractivity contribution in [3.63, 3.8) is 0 Å². The maximum atomic E-state index is 14.8. The lowest BCUT2D eigenvalue weighted by atomic mass is 9.90. The van der Waals surface area contributed by atoms with Crippen LogP contribution in [0.25, 0.3) is 0 Å². The van der Waals surface area contributed by atoms with E-state index < -0.39 is 18.1 Å². The Labute approximate surface area is 318 Å². The fourth-order valence-corrected chi connectivity index (χ4v) is 7.89. The molecule has 0 radical (unpaired) electrons. The average Bonchev–Trinajstić information content (AvgIpc) is 3.59. The minimum Gasteiger partial charge on any atom is -0.363 e. The maximum Gasteiger partial charge on any atom is 0.246 e. The number of hydrogen-bond acceptors (Lipinski definition) is 5. The number of carbonyl (C=O) groups excluding carboxylic acids is 3. The number of carbonyl (C=O) groups is 3. The number of thiocarbonyl (C=S) groups is 1. The molecule has 5 atom stereocenters. The molecule has 9 nitrogen and oxygen atoms in total. The lowest BCUT2D eigenvalue weighted by Crippen LogP contribution is -2.58. The molecule has 6 rings (SSSR count).